The Morgan fingerprint density at radius 1 is 1.29 bits per heavy atom. The van der Waals surface area contributed by atoms with Crippen LogP contribution in [0.3, 0.4) is 0 Å². The number of nitrogens with zero attached hydrogens (tertiary/aromatic N) is 1. The fourth-order valence-corrected chi connectivity index (χ4v) is 2.49. The van der Waals surface area contributed by atoms with Gasteiger partial charge in [-0.15, -0.1) is 0 Å². The van der Waals surface area contributed by atoms with E-state index in [-0.39, 0.29) is 19.1 Å². The molecule has 0 bridgehead atoms. The Kier molecular flexibility index (Phi) is 4.93. The van der Waals surface area contributed by atoms with E-state index in [1.54, 1.807) is 24.3 Å². The zero-order chi connectivity index (χ0) is 15.4. The van der Waals surface area contributed by atoms with Crippen LogP contribution in [0, 0.1) is 5.82 Å². The summed E-state index contributed by atoms with van der Waals surface area (Å²) in [5.41, 5.74) is 7.12. The molecule has 0 aliphatic carbocycles. The van der Waals surface area contributed by atoms with Gasteiger partial charge in [0, 0.05) is 11.0 Å². The second-order valence-corrected chi connectivity index (χ2v) is 5.22. The first-order chi connectivity index (χ1) is 10.0. The molecule has 0 heterocycles. The van der Waals surface area contributed by atoms with E-state index in [1.165, 1.54) is 23.1 Å². The van der Waals surface area contributed by atoms with Crippen LogP contribution >= 0.6 is 15.9 Å². The van der Waals surface area contributed by atoms with Crippen molar-refractivity contribution in [2.45, 2.75) is 0 Å². The number of para-hydroxylation sites is 2. The molecule has 0 aliphatic rings. The molecular formula is C15H14BrFN2O2. The zero-order valence-corrected chi connectivity index (χ0v) is 12.7. The number of anilines is 2. The van der Waals surface area contributed by atoms with Crippen LogP contribution in [0.2, 0.25) is 0 Å². The summed E-state index contributed by atoms with van der Waals surface area (Å²) < 4.78 is 13.5. The minimum absolute atomic E-state index is 0.0941. The molecule has 1 amide bonds. The lowest BCUT2D eigenvalue weighted by atomic mass is 10.1. The number of hydrogen-bond acceptors (Lipinski definition) is 3. The van der Waals surface area contributed by atoms with E-state index in [4.69, 9.17) is 5.73 Å². The molecule has 2 aromatic rings. The lowest BCUT2D eigenvalue weighted by Gasteiger charge is -2.24. The summed E-state index contributed by atoms with van der Waals surface area (Å²) in [6.45, 7) is -0.115. The van der Waals surface area contributed by atoms with E-state index in [0.29, 0.717) is 21.4 Å². The number of aliphatic hydroxyl groups is 1. The third-order valence-electron chi connectivity index (χ3n) is 2.96. The number of carbonyl (C=O) groups excluding carboxylic acids is 1. The molecular weight excluding hydrogens is 339 g/mol. The summed E-state index contributed by atoms with van der Waals surface area (Å²) in [4.78, 5) is 14.0. The van der Waals surface area contributed by atoms with Crippen LogP contribution in [0.15, 0.2) is 46.9 Å². The molecule has 0 aromatic heterocycles. The van der Waals surface area contributed by atoms with Gasteiger partial charge in [-0.1, -0.05) is 12.1 Å². The average Bonchev–Trinajstić information content (AvgIpc) is 2.45. The molecule has 2 rings (SSSR count). The van der Waals surface area contributed by atoms with E-state index in [9.17, 15) is 14.3 Å². The van der Waals surface area contributed by atoms with Crippen LogP contribution in [0.5, 0.6) is 0 Å². The molecule has 0 fully saturated rings. The highest BCUT2D eigenvalue weighted by Gasteiger charge is 2.21. The number of nitrogens with two attached hydrogens (primary N) is 1. The number of nitrogen functional groups attached to an aromatic ring is 1. The molecule has 21 heavy (non-hydrogen) atoms. The molecule has 3 N–H and O–H groups in total. The Balaban J connectivity index is 2.43. The van der Waals surface area contributed by atoms with E-state index in [0.717, 1.165) is 0 Å². The van der Waals surface area contributed by atoms with Gasteiger partial charge in [-0.3, -0.25) is 4.79 Å². The minimum atomic E-state index is -0.439. The lowest BCUT2D eigenvalue weighted by molar-refractivity contribution is 0.0980. The number of benzene rings is 2. The summed E-state index contributed by atoms with van der Waals surface area (Å²) in [6.07, 6.45) is 0. The van der Waals surface area contributed by atoms with Crippen LogP contribution in [0.25, 0.3) is 0 Å². The average molecular weight is 353 g/mol. The van der Waals surface area contributed by atoms with Crippen molar-refractivity contribution in [2.75, 3.05) is 23.8 Å². The zero-order valence-electron chi connectivity index (χ0n) is 11.1. The molecule has 0 aliphatic heterocycles. The molecule has 6 heteroatoms. The second kappa shape index (κ2) is 6.69. The quantitative estimate of drug-likeness (QED) is 0.831. The van der Waals surface area contributed by atoms with Gasteiger partial charge in [0.1, 0.15) is 5.82 Å². The van der Waals surface area contributed by atoms with Crippen molar-refractivity contribution in [3.63, 3.8) is 0 Å². The van der Waals surface area contributed by atoms with Gasteiger partial charge in [-0.2, -0.15) is 0 Å². The molecule has 0 atom stereocenters. The Bertz CT molecular complexity index is 664. The minimum Gasteiger partial charge on any atom is -0.397 e. The maximum absolute atomic E-state index is 13.1. The molecule has 0 radical (unpaired) electrons. The maximum atomic E-state index is 13.1. The highest BCUT2D eigenvalue weighted by atomic mass is 79.9. The summed E-state index contributed by atoms with van der Waals surface area (Å²) in [5.74, 6) is -0.805. The molecule has 4 nitrogen and oxygen atoms in total. The Morgan fingerprint density at radius 3 is 2.62 bits per heavy atom. The van der Waals surface area contributed by atoms with Crippen LogP contribution in [-0.2, 0) is 0 Å². The fraction of sp³-hybridized carbons (Fsp3) is 0.133. The number of rotatable bonds is 4. The molecule has 0 saturated heterocycles. The van der Waals surface area contributed by atoms with E-state index >= 15 is 0 Å². The Labute approximate surface area is 130 Å². The van der Waals surface area contributed by atoms with Crippen molar-refractivity contribution < 1.29 is 14.3 Å². The molecule has 0 unspecified atom stereocenters. The van der Waals surface area contributed by atoms with Gasteiger partial charge >= 0.3 is 0 Å². The van der Waals surface area contributed by atoms with Crippen LogP contribution in [0.1, 0.15) is 10.4 Å². The second-order valence-electron chi connectivity index (χ2n) is 4.36. The highest BCUT2D eigenvalue weighted by molar-refractivity contribution is 9.10. The normalized spacial score (nSPS) is 10.4. The monoisotopic (exact) mass is 352 g/mol. The summed E-state index contributed by atoms with van der Waals surface area (Å²) in [5, 5.41) is 9.19. The topological polar surface area (TPSA) is 66.6 Å². The first kappa shape index (κ1) is 15.5. The van der Waals surface area contributed by atoms with Crippen molar-refractivity contribution >= 4 is 33.2 Å². The largest absolute Gasteiger partial charge is 0.397 e. The van der Waals surface area contributed by atoms with Crippen molar-refractivity contribution in [3.8, 4) is 0 Å². The van der Waals surface area contributed by atoms with Gasteiger partial charge in [-0.05, 0) is 46.3 Å². The van der Waals surface area contributed by atoms with Crippen molar-refractivity contribution in [3.05, 3.63) is 58.3 Å². The summed E-state index contributed by atoms with van der Waals surface area (Å²) in [7, 11) is 0. The van der Waals surface area contributed by atoms with Gasteiger partial charge in [0.2, 0.25) is 0 Å². The molecule has 0 saturated carbocycles. The Morgan fingerprint density at radius 2 is 2.00 bits per heavy atom. The third-order valence-corrected chi connectivity index (χ3v) is 3.61. The fourth-order valence-electron chi connectivity index (χ4n) is 1.97. The van der Waals surface area contributed by atoms with Crippen molar-refractivity contribution in [1.82, 2.24) is 0 Å². The first-order valence-corrected chi connectivity index (χ1v) is 7.06. The number of carbonyl (C=O) groups is 1. The van der Waals surface area contributed by atoms with Crippen LogP contribution in [-0.4, -0.2) is 24.2 Å². The molecule has 2 aromatic carbocycles. The van der Waals surface area contributed by atoms with Gasteiger partial charge in [0.05, 0.1) is 23.5 Å². The van der Waals surface area contributed by atoms with Gasteiger partial charge in [0.25, 0.3) is 5.91 Å². The number of halogens is 2. The predicted molar refractivity (Wildman–Crippen MR) is 83.7 cm³/mol. The van der Waals surface area contributed by atoms with Crippen molar-refractivity contribution in [2.24, 2.45) is 0 Å². The van der Waals surface area contributed by atoms with Crippen molar-refractivity contribution in [1.29, 1.82) is 0 Å². The third kappa shape index (κ3) is 3.40. The van der Waals surface area contributed by atoms with Gasteiger partial charge < -0.3 is 15.7 Å². The summed E-state index contributed by atoms with van der Waals surface area (Å²) >= 11 is 3.18. The SMILES string of the molecule is Nc1ccccc1N(CCO)C(=O)c1ccc(F)cc1Br. The smallest absolute Gasteiger partial charge is 0.259 e. The number of hydrogen-bond donors (Lipinski definition) is 2. The van der Waals surface area contributed by atoms with E-state index in [1.807, 2.05) is 0 Å². The van der Waals surface area contributed by atoms with E-state index < -0.39 is 5.82 Å². The maximum Gasteiger partial charge on any atom is 0.259 e. The Hall–Kier alpha value is -1.92. The number of amides is 1. The molecule has 0 spiro atoms. The predicted octanol–water partition coefficient (Wildman–Crippen LogP) is 2.81. The van der Waals surface area contributed by atoms with Gasteiger partial charge in [0.15, 0.2) is 0 Å². The standard InChI is InChI=1S/C15H14BrFN2O2/c16-12-9-10(17)5-6-11(12)15(21)19(7-8-20)14-4-2-1-3-13(14)18/h1-6,9,20H,7-8,18H2. The summed E-state index contributed by atoms with van der Waals surface area (Å²) in [6, 6.07) is 10.7. The van der Waals surface area contributed by atoms with Crippen LogP contribution in [0.4, 0.5) is 15.8 Å². The van der Waals surface area contributed by atoms with E-state index in [2.05, 4.69) is 15.9 Å². The van der Waals surface area contributed by atoms with Gasteiger partial charge in [-0.25, -0.2) is 4.39 Å². The van der Waals surface area contributed by atoms with Crippen LogP contribution < -0.4 is 10.6 Å². The first-order valence-electron chi connectivity index (χ1n) is 6.27. The number of aliphatic hydroxyl groups excluding tert-OH is 1. The highest BCUT2D eigenvalue weighted by Crippen LogP contribution is 2.26. The lowest BCUT2D eigenvalue weighted by Crippen LogP contribution is -2.34. The molecule has 110 valence electrons.